The molecule has 6 heteroatoms. The van der Waals surface area contributed by atoms with Crippen LogP contribution in [0.1, 0.15) is 31.4 Å². The van der Waals surface area contributed by atoms with Crippen molar-refractivity contribution in [2.24, 2.45) is 0 Å². The van der Waals surface area contributed by atoms with Crippen molar-refractivity contribution >= 4 is 28.6 Å². The van der Waals surface area contributed by atoms with Gasteiger partial charge in [0.2, 0.25) is 5.95 Å². The van der Waals surface area contributed by atoms with Crippen molar-refractivity contribution in [2.75, 3.05) is 10.6 Å². The Morgan fingerprint density at radius 1 is 1.08 bits per heavy atom. The Morgan fingerprint density at radius 3 is 2.67 bits per heavy atom. The Hall–Kier alpha value is -2.76. The van der Waals surface area contributed by atoms with E-state index < -0.39 is 0 Å². The summed E-state index contributed by atoms with van der Waals surface area (Å²) < 4.78 is 0. The fraction of sp³-hybridized carbons (Fsp3) is 0.333. The molecule has 1 unspecified atom stereocenters. The smallest absolute Gasteiger partial charge is 0.227 e. The van der Waals surface area contributed by atoms with Gasteiger partial charge in [0.1, 0.15) is 0 Å². The number of anilines is 3. The van der Waals surface area contributed by atoms with Crippen LogP contribution < -0.4 is 10.6 Å². The minimum atomic E-state index is 0.285. The van der Waals surface area contributed by atoms with Crippen molar-refractivity contribution in [1.29, 1.82) is 0 Å². The van der Waals surface area contributed by atoms with Crippen molar-refractivity contribution in [3.05, 3.63) is 41.7 Å². The first-order valence-corrected chi connectivity index (χ1v) is 8.16. The van der Waals surface area contributed by atoms with E-state index in [1.54, 1.807) is 12.4 Å². The fourth-order valence-electron chi connectivity index (χ4n) is 2.34. The SMILES string of the molecule is CCC(C)Nc1nc(Nc2cc(C)ccc2C)c2nccnc2n1. The second-order valence-electron chi connectivity index (χ2n) is 6.02. The first-order valence-electron chi connectivity index (χ1n) is 8.16. The zero-order valence-corrected chi connectivity index (χ0v) is 14.5. The number of aryl methyl sites for hydroxylation is 2. The lowest BCUT2D eigenvalue weighted by Gasteiger charge is -2.15. The van der Waals surface area contributed by atoms with Gasteiger partial charge in [0, 0.05) is 24.1 Å². The topological polar surface area (TPSA) is 75.6 Å². The van der Waals surface area contributed by atoms with E-state index in [1.165, 1.54) is 5.56 Å². The molecule has 0 fully saturated rings. The fourth-order valence-corrected chi connectivity index (χ4v) is 2.34. The van der Waals surface area contributed by atoms with Crippen LogP contribution in [-0.4, -0.2) is 26.0 Å². The van der Waals surface area contributed by atoms with Gasteiger partial charge in [0.25, 0.3) is 0 Å². The molecule has 0 aliphatic heterocycles. The highest BCUT2D eigenvalue weighted by Gasteiger charge is 2.12. The second-order valence-corrected chi connectivity index (χ2v) is 6.02. The van der Waals surface area contributed by atoms with E-state index >= 15 is 0 Å². The standard InChI is InChI=1S/C18H22N6/c1-5-13(4)21-18-23-16-15(19-8-9-20-16)17(24-18)22-14-10-11(2)6-7-12(14)3/h6-10,13H,5H2,1-4H3,(H2,20,21,22,23,24). The van der Waals surface area contributed by atoms with Gasteiger partial charge in [-0.05, 0) is 44.4 Å². The van der Waals surface area contributed by atoms with Gasteiger partial charge >= 0.3 is 0 Å². The van der Waals surface area contributed by atoms with E-state index in [2.05, 4.69) is 76.5 Å². The first-order chi connectivity index (χ1) is 11.6. The molecule has 2 N–H and O–H groups in total. The molecule has 1 atom stereocenters. The van der Waals surface area contributed by atoms with Crippen molar-refractivity contribution in [2.45, 2.75) is 40.2 Å². The summed E-state index contributed by atoms with van der Waals surface area (Å²) >= 11 is 0. The summed E-state index contributed by atoms with van der Waals surface area (Å²) in [6.07, 6.45) is 4.29. The summed E-state index contributed by atoms with van der Waals surface area (Å²) in [5, 5.41) is 6.70. The highest BCUT2D eigenvalue weighted by atomic mass is 15.2. The molecule has 24 heavy (non-hydrogen) atoms. The lowest BCUT2D eigenvalue weighted by atomic mass is 10.1. The van der Waals surface area contributed by atoms with Crippen molar-refractivity contribution in [1.82, 2.24) is 19.9 Å². The quantitative estimate of drug-likeness (QED) is 0.739. The van der Waals surface area contributed by atoms with E-state index in [4.69, 9.17) is 0 Å². The molecule has 0 spiro atoms. The molecule has 3 aromatic rings. The predicted molar refractivity (Wildman–Crippen MR) is 97.7 cm³/mol. The maximum Gasteiger partial charge on any atom is 0.227 e. The summed E-state index contributed by atoms with van der Waals surface area (Å²) in [4.78, 5) is 17.8. The van der Waals surface area contributed by atoms with Gasteiger partial charge in [-0.3, -0.25) is 0 Å². The van der Waals surface area contributed by atoms with Crippen LogP contribution in [0.25, 0.3) is 11.2 Å². The van der Waals surface area contributed by atoms with E-state index in [1.807, 2.05) is 0 Å². The molecule has 2 aromatic heterocycles. The highest BCUT2D eigenvalue weighted by molar-refractivity contribution is 5.86. The lowest BCUT2D eigenvalue weighted by molar-refractivity contribution is 0.754. The van der Waals surface area contributed by atoms with Crippen molar-refractivity contribution < 1.29 is 0 Å². The van der Waals surface area contributed by atoms with Gasteiger partial charge in [0.15, 0.2) is 17.0 Å². The Labute approximate surface area is 141 Å². The van der Waals surface area contributed by atoms with Crippen LogP contribution in [0, 0.1) is 13.8 Å². The number of benzene rings is 1. The monoisotopic (exact) mass is 322 g/mol. The minimum absolute atomic E-state index is 0.285. The van der Waals surface area contributed by atoms with Crippen LogP contribution in [0.15, 0.2) is 30.6 Å². The molecule has 0 bridgehead atoms. The van der Waals surface area contributed by atoms with Gasteiger partial charge in [-0.25, -0.2) is 9.97 Å². The summed E-state index contributed by atoms with van der Waals surface area (Å²) in [6, 6.07) is 6.56. The number of aromatic nitrogens is 4. The summed E-state index contributed by atoms with van der Waals surface area (Å²) in [7, 11) is 0. The number of nitrogens with one attached hydrogen (secondary N) is 2. The van der Waals surface area contributed by atoms with Crippen LogP contribution in [0.4, 0.5) is 17.5 Å². The Balaban J connectivity index is 2.06. The molecule has 2 heterocycles. The van der Waals surface area contributed by atoms with E-state index in [-0.39, 0.29) is 6.04 Å². The summed E-state index contributed by atoms with van der Waals surface area (Å²) in [6.45, 7) is 8.35. The predicted octanol–water partition coefficient (Wildman–Crippen LogP) is 3.99. The summed E-state index contributed by atoms with van der Waals surface area (Å²) in [5.74, 6) is 1.22. The van der Waals surface area contributed by atoms with Crippen LogP contribution in [0.5, 0.6) is 0 Å². The minimum Gasteiger partial charge on any atom is -0.352 e. The van der Waals surface area contributed by atoms with Crippen LogP contribution in [-0.2, 0) is 0 Å². The Morgan fingerprint density at radius 2 is 1.88 bits per heavy atom. The van der Waals surface area contributed by atoms with E-state index in [0.29, 0.717) is 22.9 Å². The zero-order chi connectivity index (χ0) is 17.1. The Bertz CT molecular complexity index is 861. The molecule has 0 aliphatic rings. The Kier molecular flexibility index (Phi) is 4.55. The van der Waals surface area contributed by atoms with Crippen LogP contribution in [0.3, 0.4) is 0 Å². The molecule has 1 aromatic carbocycles. The number of nitrogens with zero attached hydrogens (tertiary/aromatic N) is 4. The van der Waals surface area contributed by atoms with Crippen LogP contribution in [0.2, 0.25) is 0 Å². The van der Waals surface area contributed by atoms with E-state index in [9.17, 15) is 0 Å². The molecule has 0 saturated carbocycles. The molecule has 0 aliphatic carbocycles. The maximum atomic E-state index is 4.62. The van der Waals surface area contributed by atoms with Crippen LogP contribution >= 0.6 is 0 Å². The molecule has 0 radical (unpaired) electrons. The highest BCUT2D eigenvalue weighted by Crippen LogP contribution is 2.25. The molecule has 6 nitrogen and oxygen atoms in total. The van der Waals surface area contributed by atoms with Crippen molar-refractivity contribution in [3.8, 4) is 0 Å². The van der Waals surface area contributed by atoms with Gasteiger partial charge in [-0.1, -0.05) is 19.1 Å². The zero-order valence-electron chi connectivity index (χ0n) is 14.5. The largest absolute Gasteiger partial charge is 0.352 e. The normalized spacial score (nSPS) is 12.2. The van der Waals surface area contributed by atoms with E-state index in [0.717, 1.165) is 17.7 Å². The third-order valence-electron chi connectivity index (χ3n) is 3.97. The van der Waals surface area contributed by atoms with Gasteiger partial charge in [-0.15, -0.1) is 0 Å². The molecule has 124 valence electrons. The lowest BCUT2D eigenvalue weighted by Crippen LogP contribution is -2.16. The third kappa shape index (κ3) is 3.42. The van der Waals surface area contributed by atoms with Gasteiger partial charge in [-0.2, -0.15) is 9.97 Å². The molecule has 3 rings (SSSR count). The number of fused-ring (bicyclic) bond motifs is 1. The maximum absolute atomic E-state index is 4.62. The average Bonchev–Trinajstić information content (AvgIpc) is 2.58. The molecule has 0 saturated heterocycles. The summed E-state index contributed by atoms with van der Waals surface area (Å²) in [5.41, 5.74) is 4.58. The number of hydrogen-bond donors (Lipinski definition) is 2. The number of rotatable bonds is 5. The third-order valence-corrected chi connectivity index (χ3v) is 3.97. The van der Waals surface area contributed by atoms with Gasteiger partial charge < -0.3 is 10.6 Å². The molecular weight excluding hydrogens is 300 g/mol. The molecular formula is C18H22N6. The number of hydrogen-bond acceptors (Lipinski definition) is 6. The first kappa shape index (κ1) is 16.1. The second kappa shape index (κ2) is 6.78. The average molecular weight is 322 g/mol. The molecule has 0 amide bonds. The van der Waals surface area contributed by atoms with Gasteiger partial charge in [0.05, 0.1) is 0 Å². The van der Waals surface area contributed by atoms with Crippen molar-refractivity contribution in [3.63, 3.8) is 0 Å².